The van der Waals surface area contributed by atoms with E-state index in [2.05, 4.69) is 22.3 Å². The van der Waals surface area contributed by atoms with E-state index in [1.807, 2.05) is 32.4 Å². The molecule has 0 radical (unpaired) electrons. The Morgan fingerprint density at radius 1 is 1.26 bits per heavy atom. The zero-order valence-electron chi connectivity index (χ0n) is 19.1. The van der Waals surface area contributed by atoms with Gasteiger partial charge in [-0.25, -0.2) is 14.5 Å². The van der Waals surface area contributed by atoms with Crippen LogP contribution in [0.25, 0.3) is 11.0 Å². The minimum atomic E-state index is -0.520. The first kappa shape index (κ1) is 21.6. The maximum Gasteiger partial charge on any atom is 0.410 e. The van der Waals surface area contributed by atoms with Crippen LogP contribution in [0.2, 0.25) is 0 Å². The molecule has 1 saturated heterocycles. The number of likely N-dealkylation sites (tertiary alicyclic amines) is 1. The van der Waals surface area contributed by atoms with Crippen LogP contribution in [0, 0.1) is 11.8 Å². The lowest BCUT2D eigenvalue weighted by Gasteiger charge is -2.24. The molecule has 1 amide bonds. The molecule has 3 heterocycles. The summed E-state index contributed by atoms with van der Waals surface area (Å²) in [6, 6.07) is 0.0378. The molecule has 31 heavy (non-hydrogen) atoms. The van der Waals surface area contributed by atoms with Gasteiger partial charge in [-0.2, -0.15) is 5.10 Å². The first-order valence-electron chi connectivity index (χ1n) is 11.3. The molecule has 168 valence electrons. The van der Waals surface area contributed by atoms with E-state index in [4.69, 9.17) is 4.74 Å². The number of nitrogens with zero attached hydrogens (tertiary/aromatic N) is 4. The van der Waals surface area contributed by atoms with Crippen molar-refractivity contribution in [2.24, 2.45) is 11.8 Å². The highest BCUT2D eigenvalue weighted by Gasteiger charge is 2.43. The maximum atomic E-state index is 13.2. The van der Waals surface area contributed by atoms with Crippen LogP contribution in [0.3, 0.4) is 0 Å². The number of aromatic nitrogens is 3. The normalized spacial score (nSPS) is 23.3. The zero-order valence-corrected chi connectivity index (χ0v) is 19.1. The minimum Gasteiger partial charge on any atom is -0.444 e. The van der Waals surface area contributed by atoms with Gasteiger partial charge in [0.2, 0.25) is 0 Å². The molecule has 1 aliphatic heterocycles. The van der Waals surface area contributed by atoms with Crippen LogP contribution < -0.4 is 5.32 Å². The molecule has 1 aliphatic carbocycles. The first-order valence-corrected chi connectivity index (χ1v) is 11.3. The van der Waals surface area contributed by atoms with E-state index in [1.165, 1.54) is 0 Å². The third kappa shape index (κ3) is 4.38. The van der Waals surface area contributed by atoms with Crippen molar-refractivity contribution < 1.29 is 14.3 Å². The molecule has 8 heteroatoms. The van der Waals surface area contributed by atoms with Crippen LogP contribution in [-0.4, -0.2) is 56.3 Å². The van der Waals surface area contributed by atoms with Crippen molar-refractivity contribution in [3.8, 4) is 0 Å². The van der Waals surface area contributed by atoms with Crippen molar-refractivity contribution in [1.82, 2.24) is 19.7 Å². The number of hydrogen-bond donors (Lipinski definition) is 1. The van der Waals surface area contributed by atoms with Gasteiger partial charge in [-0.3, -0.25) is 4.79 Å². The fourth-order valence-electron chi connectivity index (χ4n) is 4.39. The average molecular weight is 428 g/mol. The van der Waals surface area contributed by atoms with Gasteiger partial charge in [-0.15, -0.1) is 0 Å². The number of hydrogen-bond acceptors (Lipinski definition) is 6. The van der Waals surface area contributed by atoms with Crippen LogP contribution in [0.4, 0.5) is 10.5 Å². The third-order valence-electron chi connectivity index (χ3n) is 6.20. The summed E-state index contributed by atoms with van der Waals surface area (Å²) in [5.41, 5.74) is 1.69. The molecule has 1 saturated carbocycles. The SMILES string of the molecule is CCC1CC1C(=O)c1cnc2c(cnn2CC)c1N[C@@H]1CCN(C(=O)OC(C)(C)C)C1. The summed E-state index contributed by atoms with van der Waals surface area (Å²) >= 11 is 0. The molecule has 8 nitrogen and oxygen atoms in total. The van der Waals surface area contributed by atoms with Crippen LogP contribution in [0.15, 0.2) is 12.4 Å². The van der Waals surface area contributed by atoms with Crippen molar-refractivity contribution >= 4 is 28.6 Å². The molecule has 4 rings (SSSR count). The topological polar surface area (TPSA) is 89.4 Å². The Hall–Kier alpha value is -2.64. The van der Waals surface area contributed by atoms with E-state index in [0.29, 0.717) is 31.1 Å². The van der Waals surface area contributed by atoms with E-state index in [9.17, 15) is 9.59 Å². The lowest BCUT2D eigenvalue weighted by atomic mass is 10.0. The highest BCUT2D eigenvalue weighted by Crippen LogP contribution is 2.44. The number of pyridine rings is 1. The molecular weight excluding hydrogens is 394 g/mol. The predicted octanol–water partition coefficient (Wildman–Crippen LogP) is 4.10. The van der Waals surface area contributed by atoms with Gasteiger partial charge in [-0.05, 0) is 46.5 Å². The second kappa shape index (κ2) is 8.13. The number of amides is 1. The second-order valence-electron chi connectivity index (χ2n) is 9.68. The molecule has 2 unspecified atom stereocenters. The van der Waals surface area contributed by atoms with Gasteiger partial charge in [0.05, 0.1) is 22.8 Å². The Morgan fingerprint density at radius 2 is 2.03 bits per heavy atom. The average Bonchev–Trinajstić information content (AvgIpc) is 3.14. The molecular formula is C23H33N5O3. The van der Waals surface area contributed by atoms with Crippen LogP contribution in [0.1, 0.15) is 64.2 Å². The number of ether oxygens (including phenoxy) is 1. The van der Waals surface area contributed by atoms with Gasteiger partial charge < -0.3 is 15.0 Å². The van der Waals surface area contributed by atoms with Crippen molar-refractivity contribution in [1.29, 1.82) is 0 Å². The Labute approximate surface area is 183 Å². The number of anilines is 1. The molecule has 0 aromatic carbocycles. The predicted molar refractivity (Wildman–Crippen MR) is 119 cm³/mol. The van der Waals surface area contributed by atoms with Crippen LogP contribution >= 0.6 is 0 Å². The number of Topliss-reactive ketones (excluding diaryl/α,β-unsaturated/α-hetero) is 1. The standard InChI is InChI=1S/C23H33N5O3/c1-6-14-10-16(14)20(29)17-11-24-21-18(12-25-28(21)7-2)19(17)26-15-8-9-27(13-15)22(30)31-23(3,4)5/h11-12,14-16H,6-10,13H2,1-5H3,(H,24,26)/t14?,15-,16?/m1/s1. The Kier molecular flexibility index (Phi) is 5.66. The summed E-state index contributed by atoms with van der Waals surface area (Å²) in [5.74, 6) is 0.728. The number of carbonyl (C=O) groups excluding carboxylic acids is 2. The van der Waals surface area contributed by atoms with Crippen LogP contribution in [-0.2, 0) is 11.3 Å². The number of fused-ring (bicyclic) bond motifs is 1. The van der Waals surface area contributed by atoms with Crippen molar-refractivity contribution in [3.63, 3.8) is 0 Å². The van der Waals surface area contributed by atoms with Gasteiger partial charge in [0.15, 0.2) is 11.4 Å². The number of rotatable bonds is 6. The van der Waals surface area contributed by atoms with E-state index in [-0.39, 0.29) is 23.8 Å². The highest BCUT2D eigenvalue weighted by molar-refractivity contribution is 6.09. The summed E-state index contributed by atoms with van der Waals surface area (Å²) in [7, 11) is 0. The Morgan fingerprint density at radius 3 is 2.68 bits per heavy atom. The second-order valence-corrected chi connectivity index (χ2v) is 9.68. The van der Waals surface area contributed by atoms with Crippen molar-refractivity contribution in [2.45, 2.75) is 72.1 Å². The zero-order chi connectivity index (χ0) is 22.3. The fourth-order valence-corrected chi connectivity index (χ4v) is 4.39. The van der Waals surface area contributed by atoms with Gasteiger partial charge in [0.25, 0.3) is 0 Å². The minimum absolute atomic E-state index is 0.0378. The van der Waals surface area contributed by atoms with Gasteiger partial charge in [0, 0.05) is 37.8 Å². The largest absolute Gasteiger partial charge is 0.444 e. The lowest BCUT2D eigenvalue weighted by Crippen LogP contribution is -2.36. The van der Waals surface area contributed by atoms with E-state index >= 15 is 0 Å². The van der Waals surface area contributed by atoms with Gasteiger partial charge in [0.1, 0.15) is 5.60 Å². The van der Waals surface area contributed by atoms with E-state index in [1.54, 1.807) is 17.3 Å². The molecule has 2 aromatic rings. The number of aryl methyl sites for hydroxylation is 1. The van der Waals surface area contributed by atoms with E-state index < -0.39 is 5.60 Å². The maximum absolute atomic E-state index is 13.2. The van der Waals surface area contributed by atoms with Crippen molar-refractivity contribution in [3.05, 3.63) is 18.0 Å². The molecule has 0 bridgehead atoms. The van der Waals surface area contributed by atoms with Gasteiger partial charge >= 0.3 is 6.09 Å². The van der Waals surface area contributed by atoms with Gasteiger partial charge in [-0.1, -0.05) is 13.3 Å². The lowest BCUT2D eigenvalue weighted by molar-refractivity contribution is 0.0293. The number of ketones is 1. The number of nitrogens with one attached hydrogen (secondary N) is 1. The van der Waals surface area contributed by atoms with Crippen molar-refractivity contribution in [2.75, 3.05) is 18.4 Å². The quantitative estimate of drug-likeness (QED) is 0.698. The third-order valence-corrected chi connectivity index (χ3v) is 6.20. The Balaban J connectivity index is 1.59. The molecule has 2 aliphatic rings. The molecule has 3 atom stereocenters. The summed E-state index contributed by atoms with van der Waals surface area (Å²) in [6.07, 6.45) is 5.96. The molecule has 2 fully saturated rings. The fraction of sp³-hybridized carbons (Fsp3) is 0.652. The van der Waals surface area contributed by atoms with Crippen LogP contribution in [0.5, 0.6) is 0 Å². The molecule has 0 spiro atoms. The first-order chi connectivity index (χ1) is 14.7. The molecule has 2 aromatic heterocycles. The summed E-state index contributed by atoms with van der Waals surface area (Å²) in [6.45, 7) is 11.6. The highest BCUT2D eigenvalue weighted by atomic mass is 16.6. The smallest absolute Gasteiger partial charge is 0.410 e. The van der Waals surface area contributed by atoms with E-state index in [0.717, 1.165) is 36.0 Å². The number of carbonyl (C=O) groups is 2. The summed E-state index contributed by atoms with van der Waals surface area (Å²) in [5, 5.41) is 8.87. The summed E-state index contributed by atoms with van der Waals surface area (Å²) in [4.78, 5) is 32.0. The Bertz CT molecular complexity index is 993. The monoisotopic (exact) mass is 427 g/mol. The molecule has 1 N–H and O–H groups in total. The summed E-state index contributed by atoms with van der Waals surface area (Å²) < 4.78 is 7.35.